The van der Waals surface area contributed by atoms with Gasteiger partial charge < -0.3 is 0 Å². The van der Waals surface area contributed by atoms with Gasteiger partial charge in [-0.05, 0) is 49.2 Å². The molecular weight excluding hydrogens is 534 g/mol. The molecule has 0 amide bonds. The number of aromatic nitrogens is 3. The van der Waals surface area contributed by atoms with Crippen LogP contribution < -0.4 is 0 Å². The van der Waals surface area contributed by atoms with E-state index in [0.29, 0.717) is 17.5 Å². The predicted octanol–water partition coefficient (Wildman–Crippen LogP) is 10.4. The molecule has 0 atom stereocenters. The molecule has 3 heteroatoms. The molecule has 44 heavy (non-hydrogen) atoms. The van der Waals surface area contributed by atoms with Crippen molar-refractivity contribution in [3.05, 3.63) is 139 Å². The summed E-state index contributed by atoms with van der Waals surface area (Å²) in [4.78, 5) is 15.3. The lowest BCUT2D eigenvalue weighted by atomic mass is 9.54. The summed E-state index contributed by atoms with van der Waals surface area (Å²) in [5, 5.41) is 5.11. The molecule has 0 bridgehead atoms. The van der Waals surface area contributed by atoms with Crippen molar-refractivity contribution >= 4 is 21.5 Å². The monoisotopic (exact) mass is 567 g/mol. The van der Waals surface area contributed by atoms with Gasteiger partial charge in [0.2, 0.25) is 0 Å². The second-order valence-corrected chi connectivity index (χ2v) is 12.9. The molecule has 0 unspecified atom stereocenters. The van der Waals surface area contributed by atoms with E-state index in [1.54, 1.807) is 0 Å². The first kappa shape index (κ1) is 26.5. The van der Waals surface area contributed by atoms with Gasteiger partial charge in [-0.1, -0.05) is 155 Å². The zero-order chi connectivity index (χ0) is 30.1. The molecular formula is C41H33N3. The largest absolute Gasteiger partial charge is 0.208 e. The van der Waals surface area contributed by atoms with Crippen LogP contribution in [-0.4, -0.2) is 15.0 Å². The van der Waals surface area contributed by atoms with Crippen LogP contribution in [0.15, 0.2) is 127 Å². The van der Waals surface area contributed by atoms with E-state index in [-0.39, 0.29) is 10.8 Å². The van der Waals surface area contributed by atoms with Gasteiger partial charge in [0.15, 0.2) is 17.5 Å². The zero-order valence-electron chi connectivity index (χ0n) is 25.5. The van der Waals surface area contributed by atoms with E-state index in [2.05, 4.69) is 119 Å². The number of fused-ring (bicyclic) bond motifs is 7. The molecule has 7 aromatic rings. The average Bonchev–Trinajstić information content (AvgIpc) is 3.07. The van der Waals surface area contributed by atoms with Crippen molar-refractivity contribution in [2.45, 2.75) is 38.5 Å². The maximum atomic E-state index is 5.16. The smallest absolute Gasteiger partial charge is 0.164 e. The summed E-state index contributed by atoms with van der Waals surface area (Å²) in [5.41, 5.74) is 7.84. The Bertz CT molecular complexity index is 2160. The molecule has 212 valence electrons. The highest BCUT2D eigenvalue weighted by molar-refractivity contribution is 6.13. The van der Waals surface area contributed by atoms with Crippen LogP contribution in [0.2, 0.25) is 0 Å². The van der Waals surface area contributed by atoms with Crippen LogP contribution in [0.5, 0.6) is 0 Å². The summed E-state index contributed by atoms with van der Waals surface area (Å²) >= 11 is 0. The van der Waals surface area contributed by atoms with Gasteiger partial charge in [-0.2, -0.15) is 0 Å². The van der Waals surface area contributed by atoms with E-state index >= 15 is 0 Å². The van der Waals surface area contributed by atoms with Crippen molar-refractivity contribution < 1.29 is 0 Å². The Hall–Kier alpha value is -5.15. The first-order valence-corrected chi connectivity index (χ1v) is 15.3. The highest BCUT2D eigenvalue weighted by Crippen LogP contribution is 2.57. The number of hydrogen-bond donors (Lipinski definition) is 0. The molecule has 1 heterocycles. The fraction of sp³-hybridized carbons (Fsp3) is 0.146. The quantitative estimate of drug-likeness (QED) is 0.199. The Morgan fingerprint density at radius 1 is 0.409 bits per heavy atom. The number of rotatable bonds is 3. The molecule has 8 rings (SSSR count). The van der Waals surface area contributed by atoms with Gasteiger partial charge in [-0.15, -0.1) is 0 Å². The van der Waals surface area contributed by atoms with E-state index < -0.39 is 0 Å². The van der Waals surface area contributed by atoms with Gasteiger partial charge in [0, 0.05) is 22.1 Å². The Morgan fingerprint density at radius 3 is 1.66 bits per heavy atom. The number of nitrogens with zero attached hydrogens (tertiary/aromatic N) is 3. The van der Waals surface area contributed by atoms with Gasteiger partial charge in [-0.25, -0.2) is 15.0 Å². The van der Waals surface area contributed by atoms with E-state index in [4.69, 9.17) is 15.0 Å². The molecule has 0 spiro atoms. The van der Waals surface area contributed by atoms with Crippen molar-refractivity contribution in [3.63, 3.8) is 0 Å². The fourth-order valence-electron chi connectivity index (χ4n) is 7.10. The molecule has 0 radical (unpaired) electrons. The summed E-state index contributed by atoms with van der Waals surface area (Å²) in [6.45, 7) is 9.52. The summed E-state index contributed by atoms with van der Waals surface area (Å²) in [7, 11) is 0. The van der Waals surface area contributed by atoms with Gasteiger partial charge in [-0.3, -0.25) is 0 Å². The van der Waals surface area contributed by atoms with E-state index in [1.807, 2.05) is 36.4 Å². The Kier molecular flexibility index (Phi) is 5.83. The Labute approximate surface area is 258 Å². The second-order valence-electron chi connectivity index (χ2n) is 12.9. The average molecular weight is 568 g/mol. The first-order valence-electron chi connectivity index (χ1n) is 15.3. The Balaban J connectivity index is 1.45. The van der Waals surface area contributed by atoms with Gasteiger partial charge >= 0.3 is 0 Å². The standard InChI is InChI=1S/C41H33N3/c1-40(2)34-25-24-30-29-19-12-11-14-26(29)22-23-31(30)35(34)32-20-13-21-33(36(32)41(40,3)4)39-43-37(27-15-7-5-8-16-27)42-38(44-39)28-17-9-6-10-18-28/h5-25H,1-4H3. The molecule has 1 aliphatic rings. The van der Waals surface area contributed by atoms with Crippen molar-refractivity contribution in [1.82, 2.24) is 15.0 Å². The molecule has 0 aliphatic heterocycles. The van der Waals surface area contributed by atoms with Crippen LogP contribution in [0.25, 0.3) is 66.8 Å². The molecule has 0 saturated heterocycles. The summed E-state index contributed by atoms with van der Waals surface area (Å²) in [6, 6.07) is 45.0. The molecule has 1 aliphatic carbocycles. The number of benzene rings is 6. The highest BCUT2D eigenvalue weighted by atomic mass is 15.0. The fourth-order valence-corrected chi connectivity index (χ4v) is 7.10. The van der Waals surface area contributed by atoms with Crippen molar-refractivity contribution in [1.29, 1.82) is 0 Å². The first-order chi connectivity index (χ1) is 21.3. The SMILES string of the molecule is CC1(C)c2ccc3c(ccc4ccccc43)c2-c2cccc(-c3nc(-c4ccccc4)nc(-c4ccccc4)n3)c2C1(C)C. The lowest BCUT2D eigenvalue weighted by Crippen LogP contribution is -2.44. The Morgan fingerprint density at radius 2 is 0.977 bits per heavy atom. The molecule has 6 aromatic carbocycles. The normalized spacial score (nSPS) is 14.7. The third-order valence-electron chi connectivity index (χ3n) is 10.1. The van der Waals surface area contributed by atoms with Crippen LogP contribution in [0.4, 0.5) is 0 Å². The second kappa shape index (κ2) is 9.68. The molecule has 0 fully saturated rings. The minimum Gasteiger partial charge on any atom is -0.208 e. The molecule has 3 nitrogen and oxygen atoms in total. The third-order valence-corrected chi connectivity index (χ3v) is 10.1. The molecule has 0 N–H and O–H groups in total. The number of hydrogen-bond acceptors (Lipinski definition) is 3. The third kappa shape index (κ3) is 3.85. The summed E-state index contributed by atoms with van der Waals surface area (Å²) in [6.07, 6.45) is 0. The van der Waals surface area contributed by atoms with Crippen LogP contribution in [-0.2, 0) is 10.8 Å². The summed E-state index contributed by atoms with van der Waals surface area (Å²) < 4.78 is 0. The van der Waals surface area contributed by atoms with E-state index in [1.165, 1.54) is 43.8 Å². The minimum atomic E-state index is -0.219. The predicted molar refractivity (Wildman–Crippen MR) is 183 cm³/mol. The maximum absolute atomic E-state index is 5.16. The molecule has 0 saturated carbocycles. The van der Waals surface area contributed by atoms with Crippen LogP contribution in [0.3, 0.4) is 0 Å². The van der Waals surface area contributed by atoms with Gasteiger partial charge in [0.05, 0.1) is 0 Å². The summed E-state index contributed by atoms with van der Waals surface area (Å²) in [5.74, 6) is 2.06. The zero-order valence-corrected chi connectivity index (χ0v) is 25.5. The minimum absolute atomic E-state index is 0.164. The maximum Gasteiger partial charge on any atom is 0.164 e. The molecule has 1 aromatic heterocycles. The van der Waals surface area contributed by atoms with Crippen molar-refractivity contribution in [2.75, 3.05) is 0 Å². The van der Waals surface area contributed by atoms with Crippen molar-refractivity contribution in [2.24, 2.45) is 0 Å². The topological polar surface area (TPSA) is 38.7 Å². The van der Waals surface area contributed by atoms with Crippen LogP contribution >= 0.6 is 0 Å². The van der Waals surface area contributed by atoms with Crippen molar-refractivity contribution in [3.8, 4) is 45.3 Å². The van der Waals surface area contributed by atoms with E-state index in [9.17, 15) is 0 Å². The van der Waals surface area contributed by atoms with Gasteiger partial charge in [0.25, 0.3) is 0 Å². The highest BCUT2D eigenvalue weighted by Gasteiger charge is 2.47. The van der Waals surface area contributed by atoms with Crippen LogP contribution in [0, 0.1) is 0 Å². The van der Waals surface area contributed by atoms with E-state index in [0.717, 1.165) is 16.7 Å². The lowest BCUT2D eigenvalue weighted by Gasteiger charge is -2.49. The van der Waals surface area contributed by atoms with Crippen LogP contribution in [0.1, 0.15) is 38.8 Å². The lowest BCUT2D eigenvalue weighted by molar-refractivity contribution is 0.300. The van der Waals surface area contributed by atoms with Gasteiger partial charge in [0.1, 0.15) is 0 Å².